The van der Waals surface area contributed by atoms with Crippen molar-refractivity contribution in [2.45, 2.75) is 53.4 Å². The predicted octanol–water partition coefficient (Wildman–Crippen LogP) is 7.13. The van der Waals surface area contributed by atoms with Crippen molar-refractivity contribution in [2.75, 3.05) is 0 Å². The molecule has 0 aliphatic carbocycles. The van der Waals surface area contributed by atoms with Gasteiger partial charge in [-0.1, -0.05) is 85.7 Å². The molecule has 0 saturated carbocycles. The van der Waals surface area contributed by atoms with E-state index in [1.165, 1.54) is 33.4 Å². The number of rotatable bonds is 7. The zero-order valence-electron chi connectivity index (χ0n) is 15.6. The Labute approximate surface area is 147 Å². The van der Waals surface area contributed by atoms with Crippen molar-refractivity contribution in [1.82, 2.24) is 0 Å². The molecule has 24 heavy (non-hydrogen) atoms. The fraction of sp³-hybridized carbons (Fsp3) is 0.333. The highest BCUT2D eigenvalue weighted by Gasteiger charge is 2.10. The molecule has 0 aromatic heterocycles. The second-order valence-electron chi connectivity index (χ2n) is 6.51. The Morgan fingerprint density at radius 1 is 0.917 bits per heavy atom. The van der Waals surface area contributed by atoms with Crippen LogP contribution in [0.2, 0.25) is 0 Å². The van der Waals surface area contributed by atoms with Crippen molar-refractivity contribution >= 4 is 5.57 Å². The summed E-state index contributed by atoms with van der Waals surface area (Å²) in [6, 6.07) is 17.7. The van der Waals surface area contributed by atoms with Crippen LogP contribution >= 0.6 is 0 Å². The Morgan fingerprint density at radius 2 is 1.62 bits per heavy atom. The molecule has 0 amide bonds. The SMILES string of the molecule is CCC=C(c1ccccc1)c1cc(C)ccc1CC/C(C)=C\CC. The largest absolute Gasteiger partial charge is 0.0859 e. The third-order valence-corrected chi connectivity index (χ3v) is 4.39. The lowest BCUT2D eigenvalue weighted by Crippen LogP contribution is -1.98. The van der Waals surface area contributed by atoms with Gasteiger partial charge in [-0.3, -0.25) is 0 Å². The van der Waals surface area contributed by atoms with E-state index in [4.69, 9.17) is 0 Å². The molecular formula is C24H30. The summed E-state index contributed by atoms with van der Waals surface area (Å²) in [5, 5.41) is 0. The topological polar surface area (TPSA) is 0 Å². The van der Waals surface area contributed by atoms with E-state index in [9.17, 15) is 0 Å². The van der Waals surface area contributed by atoms with Crippen LogP contribution in [0.1, 0.15) is 62.3 Å². The van der Waals surface area contributed by atoms with E-state index in [1.807, 2.05) is 0 Å². The van der Waals surface area contributed by atoms with E-state index in [0.29, 0.717) is 0 Å². The van der Waals surface area contributed by atoms with Crippen LogP contribution in [0.5, 0.6) is 0 Å². The van der Waals surface area contributed by atoms with Crippen molar-refractivity contribution in [3.8, 4) is 0 Å². The van der Waals surface area contributed by atoms with Gasteiger partial charge in [0.2, 0.25) is 0 Å². The summed E-state index contributed by atoms with van der Waals surface area (Å²) >= 11 is 0. The van der Waals surface area contributed by atoms with Gasteiger partial charge in [-0.25, -0.2) is 0 Å². The summed E-state index contributed by atoms with van der Waals surface area (Å²) in [5.74, 6) is 0. The molecule has 0 unspecified atom stereocenters. The first kappa shape index (κ1) is 18.3. The predicted molar refractivity (Wildman–Crippen MR) is 107 cm³/mol. The van der Waals surface area contributed by atoms with E-state index < -0.39 is 0 Å². The molecule has 0 N–H and O–H groups in total. The summed E-state index contributed by atoms with van der Waals surface area (Å²) in [6.07, 6.45) is 9.12. The highest BCUT2D eigenvalue weighted by atomic mass is 14.1. The molecule has 0 nitrogen and oxygen atoms in total. The van der Waals surface area contributed by atoms with E-state index in [1.54, 1.807) is 0 Å². The van der Waals surface area contributed by atoms with Crippen LogP contribution in [0.25, 0.3) is 5.57 Å². The van der Waals surface area contributed by atoms with Gasteiger partial charge < -0.3 is 0 Å². The number of benzene rings is 2. The minimum absolute atomic E-state index is 1.05. The van der Waals surface area contributed by atoms with E-state index in [-0.39, 0.29) is 0 Å². The first-order valence-electron chi connectivity index (χ1n) is 9.16. The minimum Gasteiger partial charge on any atom is -0.0859 e. The highest BCUT2D eigenvalue weighted by molar-refractivity contribution is 5.81. The fourth-order valence-electron chi connectivity index (χ4n) is 3.15. The number of aryl methyl sites for hydroxylation is 2. The maximum Gasteiger partial charge on any atom is -0.0146 e. The van der Waals surface area contributed by atoms with Gasteiger partial charge in [-0.15, -0.1) is 0 Å². The molecule has 2 rings (SSSR count). The Bertz CT molecular complexity index is 702. The average molecular weight is 319 g/mol. The highest BCUT2D eigenvalue weighted by Crippen LogP contribution is 2.29. The normalized spacial score (nSPS) is 12.5. The van der Waals surface area contributed by atoms with Crippen LogP contribution in [0.4, 0.5) is 0 Å². The maximum absolute atomic E-state index is 2.36. The van der Waals surface area contributed by atoms with Crippen molar-refractivity contribution < 1.29 is 0 Å². The van der Waals surface area contributed by atoms with Gasteiger partial charge in [0.05, 0.1) is 0 Å². The molecule has 2 aromatic rings. The van der Waals surface area contributed by atoms with Crippen molar-refractivity contribution in [2.24, 2.45) is 0 Å². The summed E-state index contributed by atoms with van der Waals surface area (Å²) in [5.41, 5.74) is 8.35. The Kier molecular flexibility index (Phi) is 7.06. The lowest BCUT2D eigenvalue weighted by molar-refractivity contribution is 0.925. The van der Waals surface area contributed by atoms with E-state index in [0.717, 1.165) is 25.7 Å². The van der Waals surface area contributed by atoms with Gasteiger partial charge in [0, 0.05) is 0 Å². The summed E-state index contributed by atoms with van der Waals surface area (Å²) < 4.78 is 0. The number of allylic oxidation sites excluding steroid dienone is 3. The second-order valence-corrected chi connectivity index (χ2v) is 6.51. The molecule has 0 aliphatic heterocycles. The minimum atomic E-state index is 1.05. The summed E-state index contributed by atoms with van der Waals surface area (Å²) in [4.78, 5) is 0. The first-order valence-corrected chi connectivity index (χ1v) is 9.16. The monoisotopic (exact) mass is 318 g/mol. The molecule has 0 bridgehead atoms. The molecule has 0 heteroatoms. The molecule has 0 aliphatic rings. The van der Waals surface area contributed by atoms with Gasteiger partial charge in [0.25, 0.3) is 0 Å². The lowest BCUT2D eigenvalue weighted by Gasteiger charge is -2.15. The van der Waals surface area contributed by atoms with Crippen LogP contribution in [0.15, 0.2) is 66.3 Å². The molecule has 0 spiro atoms. The van der Waals surface area contributed by atoms with E-state index >= 15 is 0 Å². The lowest BCUT2D eigenvalue weighted by atomic mass is 9.89. The van der Waals surface area contributed by atoms with Gasteiger partial charge >= 0.3 is 0 Å². The Morgan fingerprint density at radius 3 is 2.29 bits per heavy atom. The fourth-order valence-corrected chi connectivity index (χ4v) is 3.15. The Balaban J connectivity index is 2.41. The third kappa shape index (κ3) is 4.96. The van der Waals surface area contributed by atoms with Crippen molar-refractivity contribution in [3.63, 3.8) is 0 Å². The van der Waals surface area contributed by atoms with Crippen LogP contribution in [0, 0.1) is 6.92 Å². The molecule has 0 radical (unpaired) electrons. The number of hydrogen-bond donors (Lipinski definition) is 0. The molecule has 2 aromatic carbocycles. The molecule has 0 atom stereocenters. The number of hydrogen-bond acceptors (Lipinski definition) is 0. The molecule has 126 valence electrons. The molecule has 0 fully saturated rings. The molecular weight excluding hydrogens is 288 g/mol. The third-order valence-electron chi connectivity index (χ3n) is 4.39. The van der Waals surface area contributed by atoms with Crippen LogP contribution in [-0.4, -0.2) is 0 Å². The van der Waals surface area contributed by atoms with E-state index in [2.05, 4.69) is 88.4 Å². The van der Waals surface area contributed by atoms with Crippen LogP contribution in [-0.2, 0) is 6.42 Å². The average Bonchev–Trinajstić information content (AvgIpc) is 2.59. The summed E-state index contributed by atoms with van der Waals surface area (Å²) in [7, 11) is 0. The van der Waals surface area contributed by atoms with Gasteiger partial charge in [-0.2, -0.15) is 0 Å². The van der Waals surface area contributed by atoms with Gasteiger partial charge in [0.1, 0.15) is 0 Å². The summed E-state index contributed by atoms with van der Waals surface area (Å²) in [6.45, 7) is 8.85. The first-order chi connectivity index (χ1) is 11.7. The Hall–Kier alpha value is -2.08. The zero-order chi connectivity index (χ0) is 17.4. The quantitative estimate of drug-likeness (QED) is 0.476. The second kappa shape index (κ2) is 9.27. The van der Waals surface area contributed by atoms with Crippen LogP contribution in [0.3, 0.4) is 0 Å². The molecule has 0 heterocycles. The van der Waals surface area contributed by atoms with Gasteiger partial charge in [-0.05, 0) is 61.8 Å². The van der Waals surface area contributed by atoms with Crippen molar-refractivity contribution in [1.29, 1.82) is 0 Å². The molecule has 0 saturated heterocycles. The smallest absolute Gasteiger partial charge is 0.0146 e. The standard InChI is InChI=1S/C24H30/c1-5-10-19(3)14-16-22-17-15-20(4)18-24(22)23(11-6-2)21-12-8-7-9-13-21/h7-13,15,17-18H,5-6,14,16H2,1-4H3/b19-10-,23-11?. The maximum atomic E-state index is 2.36. The van der Waals surface area contributed by atoms with Gasteiger partial charge in [0.15, 0.2) is 0 Å². The zero-order valence-corrected chi connectivity index (χ0v) is 15.6. The van der Waals surface area contributed by atoms with Crippen molar-refractivity contribution in [3.05, 3.63) is 88.5 Å². The van der Waals surface area contributed by atoms with Crippen LogP contribution < -0.4 is 0 Å².